The SMILES string of the molecule is Cc1noc(C)c1CSc1ncccc1C(=O)N1CCN(CCc2ccccc2)CC1. The molecule has 0 bridgehead atoms. The van der Waals surface area contributed by atoms with E-state index in [4.69, 9.17) is 4.52 Å². The first-order valence-corrected chi connectivity index (χ1v) is 11.7. The Morgan fingerprint density at radius 3 is 2.55 bits per heavy atom. The fourth-order valence-corrected chi connectivity index (χ4v) is 4.93. The predicted molar refractivity (Wildman–Crippen MR) is 122 cm³/mol. The Kier molecular flexibility index (Phi) is 7.04. The van der Waals surface area contributed by atoms with Crippen LogP contribution in [-0.2, 0) is 12.2 Å². The first kappa shape index (κ1) is 21.6. The zero-order chi connectivity index (χ0) is 21.6. The van der Waals surface area contributed by atoms with Crippen molar-refractivity contribution in [3.8, 4) is 0 Å². The Bertz CT molecular complexity index is 994. The van der Waals surface area contributed by atoms with E-state index in [0.717, 1.165) is 61.2 Å². The summed E-state index contributed by atoms with van der Waals surface area (Å²) in [5, 5.41) is 4.78. The number of piperazine rings is 1. The minimum absolute atomic E-state index is 0.0667. The van der Waals surface area contributed by atoms with E-state index in [1.54, 1.807) is 18.0 Å². The molecule has 1 aromatic carbocycles. The van der Waals surface area contributed by atoms with Crippen LogP contribution < -0.4 is 0 Å². The molecule has 3 heterocycles. The molecule has 7 heteroatoms. The number of rotatable bonds is 7. The lowest BCUT2D eigenvalue weighted by atomic mass is 10.1. The van der Waals surface area contributed by atoms with Crippen molar-refractivity contribution in [2.45, 2.75) is 31.0 Å². The van der Waals surface area contributed by atoms with Crippen LogP contribution >= 0.6 is 11.8 Å². The average molecular weight is 437 g/mol. The van der Waals surface area contributed by atoms with Crippen molar-refractivity contribution in [1.82, 2.24) is 19.9 Å². The summed E-state index contributed by atoms with van der Waals surface area (Å²) in [5.74, 6) is 1.57. The number of amides is 1. The Labute approximate surface area is 187 Å². The number of nitrogens with zero attached hydrogens (tertiary/aromatic N) is 4. The van der Waals surface area contributed by atoms with Gasteiger partial charge in [0.25, 0.3) is 5.91 Å². The number of aryl methyl sites for hydroxylation is 2. The van der Waals surface area contributed by atoms with E-state index in [0.29, 0.717) is 11.3 Å². The lowest BCUT2D eigenvalue weighted by Gasteiger charge is -2.35. The van der Waals surface area contributed by atoms with E-state index < -0.39 is 0 Å². The minimum Gasteiger partial charge on any atom is -0.361 e. The molecule has 162 valence electrons. The van der Waals surface area contributed by atoms with Gasteiger partial charge in [-0.15, -0.1) is 11.8 Å². The van der Waals surface area contributed by atoms with Gasteiger partial charge in [-0.3, -0.25) is 9.69 Å². The molecule has 2 aromatic heterocycles. The predicted octanol–water partition coefficient (Wildman–Crippen LogP) is 3.98. The van der Waals surface area contributed by atoms with Crippen molar-refractivity contribution < 1.29 is 9.32 Å². The number of hydrogen-bond donors (Lipinski definition) is 0. The first-order valence-electron chi connectivity index (χ1n) is 10.7. The van der Waals surface area contributed by atoms with Gasteiger partial charge < -0.3 is 9.42 Å². The molecule has 6 nitrogen and oxygen atoms in total. The van der Waals surface area contributed by atoms with Crippen molar-refractivity contribution in [2.75, 3.05) is 32.7 Å². The van der Waals surface area contributed by atoms with Crippen LogP contribution in [0.5, 0.6) is 0 Å². The molecule has 4 rings (SSSR count). The summed E-state index contributed by atoms with van der Waals surface area (Å²) >= 11 is 1.56. The quantitative estimate of drug-likeness (QED) is 0.522. The molecule has 0 saturated carbocycles. The Balaban J connectivity index is 1.33. The number of pyridine rings is 1. The van der Waals surface area contributed by atoms with E-state index in [1.165, 1.54) is 5.56 Å². The molecule has 0 radical (unpaired) electrons. The third-order valence-electron chi connectivity index (χ3n) is 5.76. The van der Waals surface area contributed by atoms with Crippen molar-refractivity contribution in [3.05, 3.63) is 76.8 Å². The lowest BCUT2D eigenvalue weighted by Crippen LogP contribution is -2.49. The fraction of sp³-hybridized carbons (Fsp3) is 0.375. The number of benzene rings is 1. The maximum absolute atomic E-state index is 13.2. The fourth-order valence-electron chi connectivity index (χ4n) is 3.79. The van der Waals surface area contributed by atoms with E-state index in [2.05, 4.69) is 39.3 Å². The summed E-state index contributed by atoms with van der Waals surface area (Å²) in [7, 11) is 0. The highest BCUT2D eigenvalue weighted by Crippen LogP contribution is 2.28. The number of carbonyl (C=O) groups is 1. The van der Waals surface area contributed by atoms with Crippen LogP contribution in [0.15, 0.2) is 58.2 Å². The zero-order valence-electron chi connectivity index (χ0n) is 18.1. The van der Waals surface area contributed by atoms with Gasteiger partial charge in [0.05, 0.1) is 11.3 Å². The number of carbonyl (C=O) groups excluding carboxylic acids is 1. The van der Waals surface area contributed by atoms with E-state index in [1.807, 2.05) is 36.9 Å². The Morgan fingerprint density at radius 1 is 1.06 bits per heavy atom. The van der Waals surface area contributed by atoms with Gasteiger partial charge in [-0.1, -0.05) is 35.5 Å². The molecule has 0 spiro atoms. The Hall–Kier alpha value is -2.64. The van der Waals surface area contributed by atoms with Crippen molar-refractivity contribution in [3.63, 3.8) is 0 Å². The molecule has 1 fully saturated rings. The number of hydrogen-bond acceptors (Lipinski definition) is 6. The van der Waals surface area contributed by atoms with Gasteiger partial charge in [-0.05, 0) is 38.0 Å². The van der Waals surface area contributed by atoms with Gasteiger partial charge in [0, 0.05) is 50.2 Å². The molecule has 31 heavy (non-hydrogen) atoms. The van der Waals surface area contributed by atoms with Crippen molar-refractivity contribution in [1.29, 1.82) is 0 Å². The molecule has 0 aliphatic carbocycles. The molecule has 1 saturated heterocycles. The standard InChI is InChI=1S/C24H28N4O2S/c1-18-22(19(2)30-26-18)17-31-23-21(9-6-11-25-23)24(29)28-15-13-27(14-16-28)12-10-20-7-4-3-5-8-20/h3-9,11H,10,12-17H2,1-2H3. The van der Waals surface area contributed by atoms with Crippen LogP contribution in [0.25, 0.3) is 0 Å². The monoisotopic (exact) mass is 436 g/mol. The Morgan fingerprint density at radius 2 is 1.84 bits per heavy atom. The summed E-state index contributed by atoms with van der Waals surface area (Å²) in [6.07, 6.45) is 2.79. The summed E-state index contributed by atoms with van der Waals surface area (Å²) in [5.41, 5.74) is 4.00. The third kappa shape index (κ3) is 5.35. The van der Waals surface area contributed by atoms with Crippen LogP contribution in [-0.4, -0.2) is 58.6 Å². The second kappa shape index (κ2) is 10.1. The number of thioether (sulfide) groups is 1. The molecule has 1 amide bonds. The summed E-state index contributed by atoms with van der Waals surface area (Å²) < 4.78 is 5.25. The smallest absolute Gasteiger partial charge is 0.256 e. The maximum Gasteiger partial charge on any atom is 0.256 e. The molecule has 0 unspecified atom stereocenters. The van der Waals surface area contributed by atoms with E-state index in [-0.39, 0.29) is 5.91 Å². The van der Waals surface area contributed by atoms with Crippen LogP contribution in [0.1, 0.15) is 32.9 Å². The van der Waals surface area contributed by atoms with E-state index >= 15 is 0 Å². The lowest BCUT2D eigenvalue weighted by molar-refractivity contribution is 0.0634. The highest BCUT2D eigenvalue weighted by atomic mass is 32.2. The molecule has 3 aromatic rings. The second-order valence-corrected chi connectivity index (χ2v) is 8.78. The highest BCUT2D eigenvalue weighted by molar-refractivity contribution is 7.98. The van der Waals surface area contributed by atoms with Gasteiger partial charge in [0.2, 0.25) is 0 Å². The summed E-state index contributed by atoms with van der Waals surface area (Å²) in [4.78, 5) is 22.1. The molecular weight excluding hydrogens is 408 g/mol. The van der Waals surface area contributed by atoms with Crippen molar-refractivity contribution in [2.24, 2.45) is 0 Å². The van der Waals surface area contributed by atoms with Crippen LogP contribution in [0.4, 0.5) is 0 Å². The molecule has 0 atom stereocenters. The zero-order valence-corrected chi connectivity index (χ0v) is 18.9. The largest absolute Gasteiger partial charge is 0.361 e. The summed E-state index contributed by atoms with van der Waals surface area (Å²) in [6.45, 7) is 8.18. The van der Waals surface area contributed by atoms with Crippen LogP contribution in [0.3, 0.4) is 0 Å². The van der Waals surface area contributed by atoms with Crippen LogP contribution in [0.2, 0.25) is 0 Å². The van der Waals surface area contributed by atoms with E-state index in [9.17, 15) is 4.79 Å². The van der Waals surface area contributed by atoms with Gasteiger partial charge in [-0.25, -0.2) is 4.98 Å². The molecule has 0 N–H and O–H groups in total. The van der Waals surface area contributed by atoms with Gasteiger partial charge >= 0.3 is 0 Å². The molecule has 1 aliphatic heterocycles. The first-order chi connectivity index (χ1) is 15.1. The van der Waals surface area contributed by atoms with Gasteiger partial charge in [0.15, 0.2) is 0 Å². The average Bonchev–Trinajstić information content (AvgIpc) is 3.14. The normalized spacial score (nSPS) is 14.7. The van der Waals surface area contributed by atoms with Gasteiger partial charge in [0.1, 0.15) is 10.8 Å². The van der Waals surface area contributed by atoms with Gasteiger partial charge in [-0.2, -0.15) is 0 Å². The topological polar surface area (TPSA) is 62.5 Å². The summed E-state index contributed by atoms with van der Waals surface area (Å²) in [6, 6.07) is 14.3. The second-order valence-electron chi connectivity index (χ2n) is 7.82. The molecular formula is C24H28N4O2S. The minimum atomic E-state index is 0.0667. The van der Waals surface area contributed by atoms with Crippen molar-refractivity contribution >= 4 is 17.7 Å². The maximum atomic E-state index is 13.2. The molecule has 1 aliphatic rings. The highest BCUT2D eigenvalue weighted by Gasteiger charge is 2.24. The third-order valence-corrected chi connectivity index (χ3v) is 6.79. The number of aromatic nitrogens is 2. The van der Waals surface area contributed by atoms with Crippen LogP contribution in [0, 0.1) is 13.8 Å².